The largest absolute Gasteiger partial charge is 0.397 e. The van der Waals surface area contributed by atoms with Gasteiger partial charge < -0.3 is 16.0 Å². The van der Waals surface area contributed by atoms with Crippen molar-refractivity contribution in [2.24, 2.45) is 0 Å². The molecule has 0 aliphatic carbocycles. The van der Waals surface area contributed by atoms with Crippen molar-refractivity contribution in [3.05, 3.63) is 45.1 Å². The molecule has 3 N–H and O–H groups in total. The molecule has 21 heavy (non-hydrogen) atoms. The van der Waals surface area contributed by atoms with Gasteiger partial charge in [0, 0.05) is 31.1 Å². The Kier molecular flexibility index (Phi) is 5.09. The summed E-state index contributed by atoms with van der Waals surface area (Å²) in [4.78, 5) is 14.6. The van der Waals surface area contributed by atoms with Gasteiger partial charge in [-0.15, -0.1) is 11.3 Å². The Morgan fingerprint density at radius 2 is 2.10 bits per heavy atom. The maximum atomic E-state index is 11.8. The van der Waals surface area contributed by atoms with Crippen molar-refractivity contribution in [2.75, 3.05) is 31.7 Å². The monoisotopic (exact) mass is 323 g/mol. The van der Waals surface area contributed by atoms with Gasteiger partial charge in [-0.25, -0.2) is 0 Å². The zero-order valence-electron chi connectivity index (χ0n) is 12.0. The number of thiophene rings is 1. The molecule has 2 rings (SSSR count). The third-order valence-electron chi connectivity index (χ3n) is 3.02. The first-order chi connectivity index (χ1) is 9.97. The molecule has 1 amide bonds. The zero-order chi connectivity index (χ0) is 15.4. The van der Waals surface area contributed by atoms with Crippen LogP contribution >= 0.6 is 22.9 Å². The maximum Gasteiger partial charge on any atom is 0.253 e. The Morgan fingerprint density at radius 3 is 2.67 bits per heavy atom. The fourth-order valence-corrected chi connectivity index (χ4v) is 3.01. The molecular formula is C15H18ClN3OS. The molecule has 1 aromatic carbocycles. The normalized spacial score (nSPS) is 10.4. The molecule has 0 aliphatic rings. The number of hydrogen-bond donors (Lipinski definition) is 2. The van der Waals surface area contributed by atoms with Gasteiger partial charge in [0.2, 0.25) is 0 Å². The maximum absolute atomic E-state index is 11.8. The number of carbonyl (C=O) groups excluding carboxylic acids is 1. The van der Waals surface area contributed by atoms with E-state index in [0.29, 0.717) is 11.3 Å². The Hall–Kier alpha value is -1.72. The van der Waals surface area contributed by atoms with Crippen molar-refractivity contribution in [1.29, 1.82) is 0 Å². The van der Waals surface area contributed by atoms with Gasteiger partial charge in [0.15, 0.2) is 0 Å². The van der Waals surface area contributed by atoms with E-state index in [1.54, 1.807) is 37.6 Å². The molecule has 4 nitrogen and oxygen atoms in total. The molecule has 0 spiro atoms. The molecule has 1 aromatic heterocycles. The number of halogens is 1. The second kappa shape index (κ2) is 6.83. The number of amides is 1. The predicted molar refractivity (Wildman–Crippen MR) is 90.4 cm³/mol. The number of anilines is 2. The quantitative estimate of drug-likeness (QED) is 0.830. The fourth-order valence-electron chi connectivity index (χ4n) is 1.92. The Bertz CT molecular complexity index is 640. The average Bonchev–Trinajstić information content (AvgIpc) is 2.85. The van der Waals surface area contributed by atoms with E-state index in [1.807, 2.05) is 18.2 Å². The minimum Gasteiger partial charge on any atom is -0.397 e. The highest BCUT2D eigenvalue weighted by atomic mass is 35.5. The van der Waals surface area contributed by atoms with Gasteiger partial charge in [-0.2, -0.15) is 0 Å². The van der Waals surface area contributed by atoms with Gasteiger partial charge in [-0.1, -0.05) is 11.6 Å². The summed E-state index contributed by atoms with van der Waals surface area (Å²) in [6, 6.07) is 9.25. The molecular weight excluding hydrogens is 306 g/mol. The van der Waals surface area contributed by atoms with E-state index in [4.69, 9.17) is 17.3 Å². The highest BCUT2D eigenvalue weighted by molar-refractivity contribution is 7.16. The SMILES string of the molecule is CN(C)C(=O)c1ccc(NCCc2ccc(Cl)s2)c(N)c1. The van der Waals surface area contributed by atoms with Crippen LogP contribution in [0.15, 0.2) is 30.3 Å². The molecule has 0 aliphatic heterocycles. The summed E-state index contributed by atoms with van der Waals surface area (Å²) >= 11 is 7.48. The summed E-state index contributed by atoms with van der Waals surface area (Å²) in [5.74, 6) is -0.0542. The van der Waals surface area contributed by atoms with E-state index in [2.05, 4.69) is 5.32 Å². The van der Waals surface area contributed by atoms with Gasteiger partial charge in [-0.3, -0.25) is 4.79 Å². The second-order valence-corrected chi connectivity index (χ2v) is 6.68. The molecule has 0 saturated heterocycles. The summed E-state index contributed by atoms with van der Waals surface area (Å²) in [6.45, 7) is 0.766. The lowest BCUT2D eigenvalue weighted by Crippen LogP contribution is -2.21. The standard InChI is InChI=1S/C15H18ClN3OS/c1-19(2)15(20)10-3-5-13(12(17)9-10)18-8-7-11-4-6-14(16)21-11/h3-6,9,18H,7-8,17H2,1-2H3. The summed E-state index contributed by atoms with van der Waals surface area (Å²) < 4.78 is 0.802. The molecule has 6 heteroatoms. The third-order valence-corrected chi connectivity index (χ3v) is 4.31. The van der Waals surface area contributed by atoms with Crippen molar-refractivity contribution >= 4 is 40.2 Å². The summed E-state index contributed by atoms with van der Waals surface area (Å²) in [7, 11) is 3.44. The topological polar surface area (TPSA) is 58.4 Å². The van der Waals surface area contributed by atoms with Crippen LogP contribution in [0.4, 0.5) is 11.4 Å². The van der Waals surface area contributed by atoms with Crippen molar-refractivity contribution in [3.63, 3.8) is 0 Å². The van der Waals surface area contributed by atoms with Crippen molar-refractivity contribution in [3.8, 4) is 0 Å². The lowest BCUT2D eigenvalue weighted by molar-refractivity contribution is 0.0827. The zero-order valence-corrected chi connectivity index (χ0v) is 13.6. The highest BCUT2D eigenvalue weighted by Gasteiger charge is 2.09. The predicted octanol–water partition coefficient (Wildman–Crippen LogP) is 3.34. The van der Waals surface area contributed by atoms with E-state index >= 15 is 0 Å². The number of nitrogen functional groups attached to an aromatic ring is 1. The first kappa shape index (κ1) is 15.7. The van der Waals surface area contributed by atoms with E-state index in [0.717, 1.165) is 23.0 Å². The van der Waals surface area contributed by atoms with Gasteiger partial charge in [0.1, 0.15) is 0 Å². The molecule has 0 radical (unpaired) electrons. The minimum atomic E-state index is -0.0542. The fraction of sp³-hybridized carbons (Fsp3) is 0.267. The first-order valence-electron chi connectivity index (χ1n) is 6.56. The smallest absolute Gasteiger partial charge is 0.253 e. The Balaban J connectivity index is 1.96. The molecule has 1 heterocycles. The van der Waals surface area contributed by atoms with Crippen LogP contribution in [0.5, 0.6) is 0 Å². The lowest BCUT2D eigenvalue weighted by atomic mass is 10.1. The lowest BCUT2D eigenvalue weighted by Gasteiger charge is -2.13. The highest BCUT2D eigenvalue weighted by Crippen LogP contribution is 2.23. The van der Waals surface area contributed by atoms with Crippen molar-refractivity contribution in [1.82, 2.24) is 4.90 Å². The number of rotatable bonds is 5. The number of nitrogens with one attached hydrogen (secondary N) is 1. The van der Waals surface area contributed by atoms with Gasteiger partial charge in [0.25, 0.3) is 5.91 Å². The second-order valence-electron chi connectivity index (χ2n) is 4.88. The summed E-state index contributed by atoms with van der Waals surface area (Å²) in [5, 5.41) is 3.28. The molecule has 2 aromatic rings. The van der Waals surface area contributed by atoms with Crippen LogP contribution in [0.1, 0.15) is 15.2 Å². The third kappa shape index (κ3) is 4.12. The van der Waals surface area contributed by atoms with E-state index in [9.17, 15) is 4.79 Å². The number of nitrogens with two attached hydrogens (primary N) is 1. The number of benzene rings is 1. The van der Waals surface area contributed by atoms with Crippen LogP contribution in [-0.4, -0.2) is 31.4 Å². The molecule has 0 fully saturated rings. The molecule has 0 unspecified atom stereocenters. The first-order valence-corrected chi connectivity index (χ1v) is 7.76. The molecule has 0 bridgehead atoms. The number of hydrogen-bond acceptors (Lipinski definition) is 4. The van der Waals surface area contributed by atoms with Crippen LogP contribution in [0.25, 0.3) is 0 Å². The van der Waals surface area contributed by atoms with E-state index in [-0.39, 0.29) is 5.91 Å². The summed E-state index contributed by atoms with van der Waals surface area (Å²) in [5.41, 5.74) is 8.00. The van der Waals surface area contributed by atoms with Gasteiger partial charge in [0.05, 0.1) is 15.7 Å². The van der Waals surface area contributed by atoms with Crippen LogP contribution in [0, 0.1) is 0 Å². The van der Waals surface area contributed by atoms with Gasteiger partial charge >= 0.3 is 0 Å². The van der Waals surface area contributed by atoms with Crippen LogP contribution in [0.2, 0.25) is 4.34 Å². The average molecular weight is 324 g/mol. The molecule has 0 atom stereocenters. The van der Waals surface area contributed by atoms with Gasteiger partial charge in [-0.05, 0) is 36.8 Å². The molecule has 112 valence electrons. The van der Waals surface area contributed by atoms with Crippen molar-refractivity contribution in [2.45, 2.75) is 6.42 Å². The summed E-state index contributed by atoms with van der Waals surface area (Å²) in [6.07, 6.45) is 0.884. The Morgan fingerprint density at radius 1 is 1.33 bits per heavy atom. The van der Waals surface area contributed by atoms with E-state index < -0.39 is 0 Å². The Labute approximate surface area is 133 Å². The minimum absolute atomic E-state index is 0.0542. The van der Waals surface area contributed by atoms with Crippen LogP contribution < -0.4 is 11.1 Å². The van der Waals surface area contributed by atoms with Crippen LogP contribution in [-0.2, 0) is 6.42 Å². The molecule has 0 saturated carbocycles. The number of nitrogens with zero attached hydrogens (tertiary/aromatic N) is 1. The van der Waals surface area contributed by atoms with Crippen LogP contribution in [0.3, 0.4) is 0 Å². The number of carbonyl (C=O) groups is 1. The van der Waals surface area contributed by atoms with E-state index in [1.165, 1.54) is 9.78 Å². The van der Waals surface area contributed by atoms with Crippen molar-refractivity contribution < 1.29 is 4.79 Å².